The second-order valence-corrected chi connectivity index (χ2v) is 8.62. The van der Waals surface area contributed by atoms with Gasteiger partial charge >= 0.3 is 0 Å². The van der Waals surface area contributed by atoms with Crippen LogP contribution in [0.1, 0.15) is 65.5 Å². The maximum absolute atomic E-state index is 13.3. The number of ether oxygens (including phenoxy) is 4. The van der Waals surface area contributed by atoms with Crippen LogP contribution in [0, 0.1) is 34.9 Å². The molecule has 0 unspecified atom stereocenters. The molecule has 0 bridgehead atoms. The van der Waals surface area contributed by atoms with Crippen LogP contribution in [0.15, 0.2) is 36.4 Å². The van der Waals surface area contributed by atoms with Crippen LogP contribution in [-0.4, -0.2) is 26.4 Å². The Morgan fingerprint density at radius 1 is 0.381 bits per heavy atom. The molecule has 0 spiro atoms. The molecule has 3 aromatic carbocycles. The fraction of sp³-hybridized carbons (Fsp3) is 0.438. The first-order chi connectivity index (χ1) is 20.1. The van der Waals surface area contributed by atoms with Crippen molar-refractivity contribution >= 4 is 0 Å². The average molecular weight is 603 g/mol. The standard InChI is InChI=1S/2C11H14F2O.C10H12F2O2/c2*1-3-5-8-6-7-9(14-4-2)11(13)10(8)12;1-3-13-7-5-6-8(14-4-2)10(12)9(7)11/h2*6-7H,3-5H2,1-2H3;5-6H,3-4H2,1-2H3. The molecular weight excluding hydrogens is 562 g/mol. The third-order valence-corrected chi connectivity index (χ3v) is 5.50. The molecule has 0 aliphatic rings. The number of benzene rings is 3. The van der Waals surface area contributed by atoms with Crippen molar-refractivity contribution in [2.24, 2.45) is 0 Å². The lowest BCUT2D eigenvalue weighted by Crippen LogP contribution is -2.00. The van der Waals surface area contributed by atoms with Crippen LogP contribution in [0.3, 0.4) is 0 Å². The Kier molecular flexibility index (Phi) is 17.0. The molecule has 234 valence electrons. The Labute approximate surface area is 244 Å². The first-order valence-corrected chi connectivity index (χ1v) is 14.0. The van der Waals surface area contributed by atoms with Gasteiger partial charge in [-0.15, -0.1) is 0 Å². The molecule has 0 heterocycles. The predicted molar refractivity (Wildman–Crippen MR) is 152 cm³/mol. The van der Waals surface area contributed by atoms with Gasteiger partial charge in [-0.05, 0) is 75.9 Å². The van der Waals surface area contributed by atoms with Crippen molar-refractivity contribution in [3.63, 3.8) is 0 Å². The van der Waals surface area contributed by atoms with Gasteiger partial charge in [-0.2, -0.15) is 17.6 Å². The van der Waals surface area contributed by atoms with Crippen LogP contribution in [-0.2, 0) is 12.8 Å². The minimum Gasteiger partial charge on any atom is -0.491 e. The molecule has 3 aromatic rings. The van der Waals surface area contributed by atoms with E-state index < -0.39 is 34.9 Å². The molecule has 0 radical (unpaired) electrons. The van der Waals surface area contributed by atoms with E-state index in [2.05, 4.69) is 0 Å². The minimum atomic E-state index is -1.00. The third-order valence-electron chi connectivity index (χ3n) is 5.50. The Morgan fingerprint density at radius 3 is 0.857 bits per heavy atom. The lowest BCUT2D eigenvalue weighted by Gasteiger charge is -2.08. The molecule has 0 aromatic heterocycles. The maximum atomic E-state index is 13.3. The number of halogens is 6. The number of hydrogen-bond donors (Lipinski definition) is 0. The second-order valence-electron chi connectivity index (χ2n) is 8.62. The van der Waals surface area contributed by atoms with Crippen LogP contribution < -0.4 is 18.9 Å². The summed E-state index contributed by atoms with van der Waals surface area (Å²) in [7, 11) is 0. The van der Waals surface area contributed by atoms with Crippen LogP contribution in [0.4, 0.5) is 26.3 Å². The van der Waals surface area contributed by atoms with E-state index in [0.717, 1.165) is 12.8 Å². The van der Waals surface area contributed by atoms with Gasteiger partial charge in [0.1, 0.15) is 0 Å². The maximum Gasteiger partial charge on any atom is 0.204 e. The first-order valence-electron chi connectivity index (χ1n) is 14.0. The van der Waals surface area contributed by atoms with E-state index in [-0.39, 0.29) is 23.0 Å². The molecule has 0 amide bonds. The van der Waals surface area contributed by atoms with Crippen molar-refractivity contribution in [1.29, 1.82) is 0 Å². The van der Waals surface area contributed by atoms with Crippen molar-refractivity contribution in [2.75, 3.05) is 26.4 Å². The van der Waals surface area contributed by atoms with Crippen molar-refractivity contribution < 1.29 is 45.3 Å². The van der Waals surface area contributed by atoms with Crippen molar-refractivity contribution in [1.82, 2.24) is 0 Å². The summed E-state index contributed by atoms with van der Waals surface area (Å²) in [6, 6.07) is 8.82. The molecule has 10 heteroatoms. The molecule has 0 N–H and O–H groups in total. The number of aryl methyl sites for hydroxylation is 2. The molecule has 3 rings (SSSR count). The van der Waals surface area contributed by atoms with E-state index in [1.807, 2.05) is 13.8 Å². The van der Waals surface area contributed by atoms with E-state index in [0.29, 0.717) is 50.4 Å². The quantitative estimate of drug-likeness (QED) is 0.194. The Bertz CT molecular complexity index is 992. The van der Waals surface area contributed by atoms with Crippen LogP contribution >= 0.6 is 0 Å². The van der Waals surface area contributed by atoms with Gasteiger partial charge in [0.15, 0.2) is 34.6 Å². The highest BCUT2D eigenvalue weighted by Crippen LogP contribution is 2.28. The smallest absolute Gasteiger partial charge is 0.204 e. The van der Waals surface area contributed by atoms with Gasteiger partial charge in [0, 0.05) is 0 Å². The summed E-state index contributed by atoms with van der Waals surface area (Å²) in [5.41, 5.74) is 0.821. The molecule has 0 aliphatic carbocycles. The number of rotatable bonds is 12. The van der Waals surface area contributed by atoms with Crippen LogP contribution in [0.25, 0.3) is 0 Å². The molecule has 0 saturated carbocycles. The van der Waals surface area contributed by atoms with E-state index in [4.69, 9.17) is 18.9 Å². The lowest BCUT2D eigenvalue weighted by atomic mass is 10.1. The van der Waals surface area contributed by atoms with E-state index in [1.165, 1.54) is 24.3 Å². The molecular formula is C32H40F6O4. The van der Waals surface area contributed by atoms with Gasteiger partial charge < -0.3 is 18.9 Å². The monoisotopic (exact) mass is 602 g/mol. The summed E-state index contributed by atoms with van der Waals surface area (Å²) in [5, 5.41) is 0. The third kappa shape index (κ3) is 10.7. The van der Waals surface area contributed by atoms with Gasteiger partial charge in [0.2, 0.25) is 23.3 Å². The second kappa shape index (κ2) is 19.5. The molecule has 0 saturated heterocycles. The zero-order chi connectivity index (χ0) is 31.7. The van der Waals surface area contributed by atoms with E-state index >= 15 is 0 Å². The highest BCUT2D eigenvalue weighted by Gasteiger charge is 2.15. The Morgan fingerprint density at radius 2 is 0.619 bits per heavy atom. The van der Waals surface area contributed by atoms with Crippen molar-refractivity contribution in [3.05, 3.63) is 82.4 Å². The summed E-state index contributed by atoms with van der Waals surface area (Å²) in [5.74, 6) is -5.52. The highest BCUT2D eigenvalue weighted by molar-refractivity contribution is 5.35. The van der Waals surface area contributed by atoms with E-state index in [9.17, 15) is 26.3 Å². The lowest BCUT2D eigenvalue weighted by molar-refractivity contribution is 0.292. The normalized spacial score (nSPS) is 10.2. The topological polar surface area (TPSA) is 36.9 Å². The van der Waals surface area contributed by atoms with Gasteiger partial charge in [-0.3, -0.25) is 0 Å². The Balaban J connectivity index is 0.000000315. The minimum absolute atomic E-state index is 0.00940. The molecule has 42 heavy (non-hydrogen) atoms. The molecule has 4 nitrogen and oxygen atoms in total. The average Bonchev–Trinajstić information content (AvgIpc) is 2.98. The first kappa shape index (κ1) is 36.5. The van der Waals surface area contributed by atoms with Gasteiger partial charge in [0.05, 0.1) is 26.4 Å². The zero-order valence-electron chi connectivity index (χ0n) is 25.0. The van der Waals surface area contributed by atoms with Gasteiger partial charge in [-0.25, -0.2) is 8.78 Å². The predicted octanol–water partition coefficient (Wildman–Crippen LogP) is 9.39. The zero-order valence-corrected chi connectivity index (χ0v) is 25.0. The van der Waals surface area contributed by atoms with Crippen molar-refractivity contribution in [3.8, 4) is 23.0 Å². The Hall–Kier alpha value is -3.56. The summed E-state index contributed by atoms with van der Waals surface area (Å²) in [6.45, 7) is 12.0. The molecule has 0 atom stereocenters. The number of hydrogen-bond acceptors (Lipinski definition) is 4. The summed E-state index contributed by atoms with van der Waals surface area (Å²) in [4.78, 5) is 0. The summed E-state index contributed by atoms with van der Waals surface area (Å²) < 4.78 is 99.2. The van der Waals surface area contributed by atoms with Gasteiger partial charge in [0.25, 0.3) is 0 Å². The highest BCUT2D eigenvalue weighted by atomic mass is 19.2. The summed E-state index contributed by atoms with van der Waals surface area (Å²) in [6.07, 6.45) is 2.69. The van der Waals surface area contributed by atoms with E-state index in [1.54, 1.807) is 39.8 Å². The fourth-order valence-electron chi connectivity index (χ4n) is 3.65. The van der Waals surface area contributed by atoms with Gasteiger partial charge in [-0.1, -0.05) is 38.8 Å². The largest absolute Gasteiger partial charge is 0.491 e. The van der Waals surface area contributed by atoms with Crippen molar-refractivity contribution in [2.45, 2.75) is 67.2 Å². The van der Waals surface area contributed by atoms with Crippen LogP contribution in [0.5, 0.6) is 23.0 Å². The molecule has 0 aliphatic heterocycles. The SMILES string of the molecule is CCCc1ccc(OCC)c(F)c1F.CCCc1ccc(OCC)c(F)c1F.CCOc1ccc(OCC)c(F)c1F. The summed E-state index contributed by atoms with van der Waals surface area (Å²) >= 11 is 0. The molecule has 0 fully saturated rings. The van der Waals surface area contributed by atoms with Crippen LogP contribution in [0.2, 0.25) is 0 Å². The fourth-order valence-corrected chi connectivity index (χ4v) is 3.65.